The van der Waals surface area contributed by atoms with E-state index in [0.717, 1.165) is 55.5 Å². The number of halogens is 1. The van der Waals surface area contributed by atoms with Crippen molar-refractivity contribution >= 4 is 29.9 Å². The van der Waals surface area contributed by atoms with E-state index in [1.165, 1.54) is 12.8 Å². The SMILES string of the molecule is CCNC(=NCc1cccc(OC)c1OC1CCCC1)NCCNC(C)(C)C.I. The molecule has 1 fully saturated rings. The van der Waals surface area contributed by atoms with Crippen molar-refractivity contribution in [1.82, 2.24) is 16.0 Å². The molecule has 0 radical (unpaired) electrons. The van der Waals surface area contributed by atoms with E-state index in [0.29, 0.717) is 6.54 Å². The van der Waals surface area contributed by atoms with Crippen LogP contribution in [0.3, 0.4) is 0 Å². The van der Waals surface area contributed by atoms with Gasteiger partial charge in [-0.3, -0.25) is 0 Å². The van der Waals surface area contributed by atoms with E-state index < -0.39 is 0 Å². The molecule has 1 saturated carbocycles. The number of ether oxygens (including phenoxy) is 2. The third kappa shape index (κ3) is 9.42. The number of methoxy groups -OCH3 is 1. The molecule has 0 aliphatic heterocycles. The number of hydrogen-bond acceptors (Lipinski definition) is 4. The van der Waals surface area contributed by atoms with Gasteiger partial charge in [-0.2, -0.15) is 0 Å². The number of rotatable bonds is 9. The second kappa shape index (κ2) is 13.2. The number of para-hydroxylation sites is 1. The Balaban J connectivity index is 0.00000420. The first-order chi connectivity index (χ1) is 13.4. The van der Waals surface area contributed by atoms with Gasteiger partial charge in [-0.05, 0) is 59.4 Å². The minimum atomic E-state index is 0. The van der Waals surface area contributed by atoms with E-state index in [4.69, 9.17) is 14.5 Å². The van der Waals surface area contributed by atoms with Crippen LogP contribution < -0.4 is 25.4 Å². The number of nitrogens with zero attached hydrogens (tertiary/aromatic N) is 1. The summed E-state index contributed by atoms with van der Waals surface area (Å²) in [7, 11) is 1.69. The number of hydrogen-bond donors (Lipinski definition) is 3. The van der Waals surface area contributed by atoms with Crippen LogP contribution in [-0.2, 0) is 6.54 Å². The summed E-state index contributed by atoms with van der Waals surface area (Å²) in [6.07, 6.45) is 5.00. The second-order valence-corrected chi connectivity index (χ2v) is 8.27. The number of guanidine groups is 1. The van der Waals surface area contributed by atoms with Gasteiger partial charge in [-0.1, -0.05) is 12.1 Å². The van der Waals surface area contributed by atoms with Crippen LogP contribution in [0, 0.1) is 0 Å². The monoisotopic (exact) mass is 518 g/mol. The van der Waals surface area contributed by atoms with Crippen molar-refractivity contribution in [3.63, 3.8) is 0 Å². The standard InChI is InChI=1S/C22H38N4O2.HI/c1-6-23-21(24-14-15-26-22(2,3)4)25-16-17-10-9-13-19(27-5)20(17)28-18-11-7-8-12-18;/h9-10,13,18,26H,6-8,11-12,14-16H2,1-5H3,(H2,23,24,25);1H. The second-order valence-electron chi connectivity index (χ2n) is 8.27. The van der Waals surface area contributed by atoms with Crippen LogP contribution in [0.25, 0.3) is 0 Å². The fraction of sp³-hybridized carbons (Fsp3) is 0.682. The third-order valence-corrected chi connectivity index (χ3v) is 4.69. The third-order valence-electron chi connectivity index (χ3n) is 4.69. The van der Waals surface area contributed by atoms with Crippen LogP contribution in [0.1, 0.15) is 58.9 Å². The first-order valence-corrected chi connectivity index (χ1v) is 10.5. The van der Waals surface area contributed by atoms with Gasteiger partial charge in [0.2, 0.25) is 0 Å². The van der Waals surface area contributed by atoms with Crippen molar-refractivity contribution in [1.29, 1.82) is 0 Å². The highest BCUT2D eigenvalue weighted by Crippen LogP contribution is 2.35. The van der Waals surface area contributed by atoms with Crippen molar-refractivity contribution in [3.8, 4) is 11.5 Å². The van der Waals surface area contributed by atoms with Crippen molar-refractivity contribution in [2.45, 2.75) is 71.6 Å². The van der Waals surface area contributed by atoms with Gasteiger partial charge in [-0.25, -0.2) is 4.99 Å². The zero-order valence-corrected chi connectivity index (χ0v) is 21.0. The Hall–Kier alpha value is -1.22. The summed E-state index contributed by atoms with van der Waals surface area (Å²) >= 11 is 0. The molecule has 0 atom stereocenters. The first-order valence-electron chi connectivity index (χ1n) is 10.5. The molecule has 0 aromatic heterocycles. The minimum Gasteiger partial charge on any atom is -0.493 e. The molecule has 0 spiro atoms. The van der Waals surface area contributed by atoms with Gasteiger partial charge in [0.25, 0.3) is 0 Å². The molecule has 2 rings (SSSR count). The smallest absolute Gasteiger partial charge is 0.191 e. The van der Waals surface area contributed by atoms with E-state index in [9.17, 15) is 0 Å². The summed E-state index contributed by atoms with van der Waals surface area (Å²) in [6, 6.07) is 6.03. The van der Waals surface area contributed by atoms with E-state index in [1.807, 2.05) is 12.1 Å². The van der Waals surface area contributed by atoms with Crippen LogP contribution in [0.4, 0.5) is 0 Å². The molecule has 1 aliphatic rings. The average Bonchev–Trinajstić information content (AvgIpc) is 3.16. The molecular formula is C22H39IN4O2. The topological polar surface area (TPSA) is 66.9 Å². The van der Waals surface area contributed by atoms with E-state index >= 15 is 0 Å². The number of aliphatic imine (C=N–C) groups is 1. The molecule has 1 aromatic carbocycles. The lowest BCUT2D eigenvalue weighted by Crippen LogP contribution is -2.44. The molecule has 1 aromatic rings. The Morgan fingerprint density at radius 3 is 2.48 bits per heavy atom. The lowest BCUT2D eigenvalue weighted by molar-refractivity contribution is 0.198. The van der Waals surface area contributed by atoms with Crippen molar-refractivity contribution in [2.24, 2.45) is 4.99 Å². The molecule has 3 N–H and O–H groups in total. The molecule has 0 bridgehead atoms. The number of nitrogens with one attached hydrogen (secondary N) is 3. The molecule has 7 heteroatoms. The highest BCUT2D eigenvalue weighted by atomic mass is 127. The van der Waals surface area contributed by atoms with Gasteiger partial charge in [0.15, 0.2) is 17.5 Å². The molecule has 29 heavy (non-hydrogen) atoms. The van der Waals surface area contributed by atoms with Gasteiger partial charge in [0.05, 0.1) is 19.8 Å². The van der Waals surface area contributed by atoms with Gasteiger partial charge < -0.3 is 25.4 Å². The fourth-order valence-electron chi connectivity index (χ4n) is 3.28. The predicted octanol–water partition coefficient (Wildman–Crippen LogP) is 4.08. The zero-order valence-electron chi connectivity index (χ0n) is 18.6. The van der Waals surface area contributed by atoms with Crippen LogP contribution in [-0.4, -0.2) is 44.3 Å². The molecular weight excluding hydrogens is 479 g/mol. The van der Waals surface area contributed by atoms with Crippen LogP contribution in [0.5, 0.6) is 11.5 Å². The summed E-state index contributed by atoms with van der Waals surface area (Å²) in [4.78, 5) is 4.76. The maximum Gasteiger partial charge on any atom is 0.191 e. The van der Waals surface area contributed by atoms with Gasteiger partial charge in [-0.15, -0.1) is 24.0 Å². The summed E-state index contributed by atoms with van der Waals surface area (Å²) < 4.78 is 11.9. The lowest BCUT2D eigenvalue weighted by Gasteiger charge is -2.21. The van der Waals surface area contributed by atoms with E-state index in [-0.39, 0.29) is 35.6 Å². The fourth-order valence-corrected chi connectivity index (χ4v) is 3.28. The lowest BCUT2D eigenvalue weighted by atomic mass is 10.1. The Bertz CT molecular complexity index is 626. The van der Waals surface area contributed by atoms with E-state index in [2.05, 4.69) is 49.7 Å². The Kier molecular flexibility index (Phi) is 11.7. The van der Waals surface area contributed by atoms with Gasteiger partial charge in [0.1, 0.15) is 0 Å². The van der Waals surface area contributed by atoms with Gasteiger partial charge in [0, 0.05) is 30.7 Å². The van der Waals surface area contributed by atoms with Crippen LogP contribution >= 0.6 is 24.0 Å². The summed E-state index contributed by atoms with van der Waals surface area (Å²) in [6.45, 7) is 11.6. The highest BCUT2D eigenvalue weighted by molar-refractivity contribution is 14.0. The van der Waals surface area contributed by atoms with E-state index in [1.54, 1.807) is 7.11 Å². The highest BCUT2D eigenvalue weighted by Gasteiger charge is 2.20. The Morgan fingerprint density at radius 1 is 1.14 bits per heavy atom. The molecule has 1 aliphatic carbocycles. The molecule has 0 amide bonds. The maximum absolute atomic E-state index is 6.31. The van der Waals surface area contributed by atoms with Crippen LogP contribution in [0.15, 0.2) is 23.2 Å². The Morgan fingerprint density at radius 2 is 1.86 bits per heavy atom. The summed E-state index contributed by atoms with van der Waals surface area (Å²) in [5.74, 6) is 2.44. The number of benzene rings is 1. The summed E-state index contributed by atoms with van der Waals surface area (Å²) in [5, 5.41) is 10.2. The molecule has 6 nitrogen and oxygen atoms in total. The molecule has 0 saturated heterocycles. The van der Waals surface area contributed by atoms with Crippen molar-refractivity contribution < 1.29 is 9.47 Å². The van der Waals surface area contributed by atoms with Crippen molar-refractivity contribution in [3.05, 3.63) is 23.8 Å². The molecule has 0 heterocycles. The largest absolute Gasteiger partial charge is 0.493 e. The quantitative estimate of drug-likeness (QED) is 0.199. The molecule has 0 unspecified atom stereocenters. The average molecular weight is 518 g/mol. The first kappa shape index (κ1) is 25.8. The predicted molar refractivity (Wildman–Crippen MR) is 132 cm³/mol. The minimum absolute atomic E-state index is 0. The molecule has 166 valence electrons. The zero-order chi connectivity index (χ0) is 20.4. The van der Waals surface area contributed by atoms with Gasteiger partial charge >= 0.3 is 0 Å². The van der Waals surface area contributed by atoms with Crippen LogP contribution in [0.2, 0.25) is 0 Å². The van der Waals surface area contributed by atoms with Crippen molar-refractivity contribution in [2.75, 3.05) is 26.7 Å². The maximum atomic E-state index is 6.31. The normalized spacial score (nSPS) is 15.0. The summed E-state index contributed by atoms with van der Waals surface area (Å²) in [5.41, 5.74) is 1.17. The Labute approximate surface area is 193 Å².